The van der Waals surface area contributed by atoms with E-state index >= 15 is 0 Å². The molecule has 2 saturated heterocycles. The van der Waals surface area contributed by atoms with Crippen molar-refractivity contribution in [2.75, 3.05) is 20.1 Å². The molecule has 0 saturated carbocycles. The molecule has 35 heavy (non-hydrogen) atoms. The molecule has 6 nitrogen and oxygen atoms in total. The third kappa shape index (κ3) is 5.07. The predicted molar refractivity (Wildman–Crippen MR) is 134 cm³/mol. The van der Waals surface area contributed by atoms with Gasteiger partial charge in [-0.3, -0.25) is 24.1 Å². The lowest BCUT2D eigenvalue weighted by molar-refractivity contribution is -0.143. The van der Waals surface area contributed by atoms with E-state index in [1.807, 2.05) is 68.4 Å². The summed E-state index contributed by atoms with van der Waals surface area (Å²) < 4.78 is 0. The Morgan fingerprint density at radius 1 is 1.00 bits per heavy atom. The molecule has 0 bridgehead atoms. The summed E-state index contributed by atoms with van der Waals surface area (Å²) in [6, 6.07) is 17.5. The lowest BCUT2D eigenvalue weighted by Crippen LogP contribution is -2.46. The Kier molecular flexibility index (Phi) is 7.20. The molecular weight excluding hydrogens is 440 g/mol. The largest absolute Gasteiger partial charge is 0.342 e. The highest BCUT2D eigenvalue weighted by Gasteiger charge is 2.53. The van der Waals surface area contributed by atoms with E-state index in [2.05, 4.69) is 0 Å². The second-order valence-corrected chi connectivity index (χ2v) is 10.4. The Hall–Kier alpha value is -3.28. The number of benzene rings is 2. The number of hydrogen-bond donors (Lipinski definition) is 0. The maximum atomic E-state index is 13.5. The lowest BCUT2D eigenvalue weighted by atomic mass is 9.75. The van der Waals surface area contributed by atoms with Gasteiger partial charge in [-0.05, 0) is 35.4 Å². The summed E-state index contributed by atoms with van der Waals surface area (Å²) in [5, 5.41) is 0. The highest BCUT2D eigenvalue weighted by atomic mass is 16.2. The van der Waals surface area contributed by atoms with Crippen LogP contribution >= 0.6 is 0 Å². The normalized spacial score (nSPS) is 22.7. The van der Waals surface area contributed by atoms with Crippen molar-refractivity contribution in [2.24, 2.45) is 11.8 Å². The van der Waals surface area contributed by atoms with Gasteiger partial charge in [-0.15, -0.1) is 0 Å². The van der Waals surface area contributed by atoms with E-state index in [-0.39, 0.29) is 48.2 Å². The summed E-state index contributed by atoms with van der Waals surface area (Å²) in [5.74, 6) is -0.453. The summed E-state index contributed by atoms with van der Waals surface area (Å²) in [4.78, 5) is 55.0. The van der Waals surface area contributed by atoms with Crippen LogP contribution in [0.5, 0.6) is 0 Å². The van der Waals surface area contributed by atoms with Crippen molar-refractivity contribution in [3.05, 3.63) is 60.2 Å². The first-order valence-corrected chi connectivity index (χ1v) is 12.5. The van der Waals surface area contributed by atoms with E-state index in [0.717, 1.165) is 28.9 Å². The number of ketones is 1. The molecule has 0 aliphatic carbocycles. The van der Waals surface area contributed by atoms with E-state index in [1.54, 1.807) is 4.90 Å². The molecule has 0 spiro atoms. The molecule has 2 fully saturated rings. The monoisotopic (exact) mass is 474 g/mol. The molecule has 2 aliphatic heterocycles. The first kappa shape index (κ1) is 24.8. The molecule has 0 aromatic heterocycles. The van der Waals surface area contributed by atoms with Crippen LogP contribution < -0.4 is 0 Å². The lowest BCUT2D eigenvalue weighted by Gasteiger charge is -2.35. The van der Waals surface area contributed by atoms with Gasteiger partial charge in [0.2, 0.25) is 17.7 Å². The van der Waals surface area contributed by atoms with Crippen molar-refractivity contribution < 1.29 is 19.2 Å². The van der Waals surface area contributed by atoms with Gasteiger partial charge in [-0.25, -0.2) is 0 Å². The molecule has 2 aliphatic rings. The van der Waals surface area contributed by atoms with Crippen LogP contribution in [0.2, 0.25) is 0 Å². The maximum Gasteiger partial charge on any atom is 0.240 e. The number of likely N-dealkylation sites (tertiary alicyclic amines) is 2. The number of likely N-dealkylation sites (N-methyl/N-ethyl adjacent to an activating group) is 1. The Bertz CT molecular complexity index is 1110. The zero-order chi connectivity index (χ0) is 25.2. The Balaban J connectivity index is 1.58. The molecule has 2 atom stereocenters. The first-order valence-electron chi connectivity index (χ1n) is 12.5. The Labute approximate surface area is 207 Å². The molecule has 3 amide bonds. The quantitative estimate of drug-likeness (QED) is 0.563. The van der Waals surface area contributed by atoms with Crippen LogP contribution in [0.15, 0.2) is 54.6 Å². The number of Topliss-reactive ketones (excluding diaryl/α,β-unsaturated/α-hetero) is 1. The molecule has 0 radical (unpaired) electrons. The maximum absolute atomic E-state index is 13.5. The molecule has 0 unspecified atom stereocenters. The number of hydrogen-bond acceptors (Lipinski definition) is 4. The van der Waals surface area contributed by atoms with E-state index in [9.17, 15) is 19.2 Å². The Morgan fingerprint density at radius 3 is 2.26 bits per heavy atom. The van der Waals surface area contributed by atoms with E-state index in [1.165, 1.54) is 7.05 Å². The second kappa shape index (κ2) is 10.1. The standard InChI is InChI=1S/C29H34N2O4/c1-20(2)16-25(32)23-10-7-15-31(19-23)27(34)18-29(17-26(33)30(3)28(29)35)24-13-11-22(12-14-24)21-8-5-4-6-9-21/h4-6,8-9,11-14,20,23H,7,10,15-19H2,1-3H3/t23-,29+/m0/s1. The highest BCUT2D eigenvalue weighted by molar-refractivity contribution is 6.10. The summed E-state index contributed by atoms with van der Waals surface area (Å²) in [6.07, 6.45) is 1.98. The van der Waals surface area contributed by atoms with Crippen molar-refractivity contribution in [1.29, 1.82) is 0 Å². The third-order valence-corrected chi connectivity index (χ3v) is 7.38. The smallest absolute Gasteiger partial charge is 0.240 e. The van der Waals surface area contributed by atoms with E-state index in [0.29, 0.717) is 25.1 Å². The number of rotatable bonds is 7. The van der Waals surface area contributed by atoms with Crippen molar-refractivity contribution in [3.8, 4) is 11.1 Å². The molecular formula is C29H34N2O4. The van der Waals surface area contributed by atoms with Gasteiger partial charge in [0.05, 0.1) is 5.41 Å². The average Bonchev–Trinajstić information content (AvgIpc) is 3.08. The minimum absolute atomic E-state index is 0.0255. The van der Waals surface area contributed by atoms with Crippen LogP contribution in [0, 0.1) is 11.8 Å². The number of nitrogens with zero attached hydrogens (tertiary/aromatic N) is 2. The zero-order valence-corrected chi connectivity index (χ0v) is 20.8. The van der Waals surface area contributed by atoms with E-state index in [4.69, 9.17) is 0 Å². The minimum atomic E-state index is -1.22. The molecule has 2 aromatic carbocycles. The summed E-state index contributed by atoms with van der Waals surface area (Å²) in [5.41, 5.74) is 1.52. The number of carbonyl (C=O) groups is 4. The van der Waals surface area contributed by atoms with Crippen molar-refractivity contribution in [3.63, 3.8) is 0 Å². The number of carbonyl (C=O) groups excluding carboxylic acids is 4. The van der Waals surface area contributed by atoms with Crippen molar-refractivity contribution in [1.82, 2.24) is 9.80 Å². The van der Waals surface area contributed by atoms with Crippen LogP contribution in [0.3, 0.4) is 0 Å². The minimum Gasteiger partial charge on any atom is -0.342 e. The van der Waals surface area contributed by atoms with Crippen molar-refractivity contribution in [2.45, 2.75) is 51.4 Å². The van der Waals surface area contributed by atoms with E-state index < -0.39 is 5.41 Å². The number of piperidine rings is 1. The molecule has 0 N–H and O–H groups in total. The van der Waals surface area contributed by atoms with Crippen molar-refractivity contribution >= 4 is 23.5 Å². The topological polar surface area (TPSA) is 74.8 Å². The SMILES string of the molecule is CC(C)CC(=O)[C@H]1CCCN(C(=O)C[C@@]2(c3ccc(-c4ccccc4)cc3)CC(=O)N(C)C2=O)C1. The fraction of sp³-hybridized carbons (Fsp3) is 0.448. The van der Waals surface area contributed by atoms with Gasteiger partial charge in [0.25, 0.3) is 0 Å². The van der Waals surface area contributed by atoms with Crippen LogP contribution in [0.4, 0.5) is 0 Å². The summed E-state index contributed by atoms with van der Waals surface area (Å²) in [7, 11) is 1.48. The van der Waals surface area contributed by atoms with Crippen LogP contribution in [-0.2, 0) is 24.6 Å². The fourth-order valence-corrected chi connectivity index (χ4v) is 5.37. The molecule has 4 rings (SSSR count). The second-order valence-electron chi connectivity index (χ2n) is 10.4. The third-order valence-electron chi connectivity index (χ3n) is 7.38. The molecule has 2 aromatic rings. The van der Waals surface area contributed by atoms with Gasteiger partial charge in [0, 0.05) is 45.3 Å². The van der Waals surface area contributed by atoms with Gasteiger partial charge in [-0.1, -0.05) is 68.4 Å². The number of imide groups is 1. The molecule has 6 heteroatoms. The van der Waals surface area contributed by atoms with Gasteiger partial charge in [0.15, 0.2) is 0 Å². The Morgan fingerprint density at radius 2 is 1.66 bits per heavy atom. The van der Waals surface area contributed by atoms with Crippen LogP contribution in [0.25, 0.3) is 11.1 Å². The highest BCUT2D eigenvalue weighted by Crippen LogP contribution is 2.41. The van der Waals surface area contributed by atoms with Gasteiger partial charge in [0.1, 0.15) is 5.78 Å². The van der Waals surface area contributed by atoms with Gasteiger partial charge >= 0.3 is 0 Å². The summed E-state index contributed by atoms with van der Waals surface area (Å²) >= 11 is 0. The molecule has 2 heterocycles. The van der Waals surface area contributed by atoms with Crippen LogP contribution in [-0.4, -0.2) is 53.4 Å². The predicted octanol–water partition coefficient (Wildman–Crippen LogP) is 4.22. The fourth-order valence-electron chi connectivity index (χ4n) is 5.37. The molecule has 184 valence electrons. The number of amides is 3. The zero-order valence-electron chi connectivity index (χ0n) is 20.8. The first-order chi connectivity index (χ1) is 16.7. The average molecular weight is 475 g/mol. The van der Waals surface area contributed by atoms with Gasteiger partial charge in [-0.2, -0.15) is 0 Å². The van der Waals surface area contributed by atoms with Crippen LogP contribution in [0.1, 0.15) is 51.5 Å². The van der Waals surface area contributed by atoms with Gasteiger partial charge < -0.3 is 4.90 Å². The summed E-state index contributed by atoms with van der Waals surface area (Å²) in [6.45, 7) is 5.02.